The molecule has 5 nitrogen and oxygen atoms in total. The molecule has 4 rings (SSSR count). The lowest BCUT2D eigenvalue weighted by molar-refractivity contribution is 0.956. The number of hydrogen-bond donors (Lipinski definition) is 2. The minimum Gasteiger partial charge on any atom is -0.333 e. The van der Waals surface area contributed by atoms with Crippen molar-refractivity contribution in [2.24, 2.45) is 0 Å². The van der Waals surface area contributed by atoms with Crippen molar-refractivity contribution in [3.63, 3.8) is 0 Å². The molecule has 0 amide bonds. The van der Waals surface area contributed by atoms with E-state index >= 15 is 0 Å². The quantitative estimate of drug-likeness (QED) is 0.591. The van der Waals surface area contributed by atoms with Crippen LogP contribution in [0.25, 0.3) is 22.1 Å². The maximum absolute atomic E-state index is 4.59. The minimum atomic E-state index is 0.866. The van der Waals surface area contributed by atoms with Crippen LogP contribution in [-0.2, 0) is 0 Å². The van der Waals surface area contributed by atoms with Crippen molar-refractivity contribution in [1.29, 1.82) is 0 Å². The highest BCUT2D eigenvalue weighted by atomic mass is 32.2. The molecule has 20 heavy (non-hydrogen) atoms. The number of benzene rings is 2. The van der Waals surface area contributed by atoms with Gasteiger partial charge in [0.15, 0.2) is 5.16 Å². The van der Waals surface area contributed by atoms with E-state index in [1.165, 1.54) is 0 Å². The molecule has 0 atom stereocenters. The molecule has 0 radical (unpaired) electrons. The second kappa shape index (κ2) is 4.35. The van der Waals surface area contributed by atoms with E-state index in [2.05, 4.69) is 38.4 Å². The van der Waals surface area contributed by atoms with Crippen LogP contribution >= 0.6 is 11.8 Å². The summed E-state index contributed by atoms with van der Waals surface area (Å²) in [6, 6.07) is 12.0. The van der Waals surface area contributed by atoms with Crippen LogP contribution in [0.5, 0.6) is 0 Å². The van der Waals surface area contributed by atoms with Gasteiger partial charge in [-0.15, -0.1) is 0 Å². The molecule has 0 bridgehead atoms. The van der Waals surface area contributed by atoms with Crippen molar-refractivity contribution >= 4 is 33.8 Å². The Morgan fingerprint density at radius 3 is 2.80 bits per heavy atom. The lowest BCUT2D eigenvalue weighted by Crippen LogP contribution is -1.84. The molecule has 0 aliphatic rings. The third kappa shape index (κ3) is 1.77. The number of fused-ring (bicyclic) bond motifs is 2. The van der Waals surface area contributed by atoms with Gasteiger partial charge in [-0.1, -0.05) is 18.2 Å². The molecule has 4 aromatic rings. The van der Waals surface area contributed by atoms with Crippen LogP contribution in [0.3, 0.4) is 0 Å². The molecule has 0 saturated heterocycles. The summed E-state index contributed by atoms with van der Waals surface area (Å²) in [6.07, 6.45) is 0. The van der Waals surface area contributed by atoms with Gasteiger partial charge < -0.3 is 4.98 Å². The van der Waals surface area contributed by atoms with Crippen molar-refractivity contribution in [1.82, 2.24) is 25.4 Å². The van der Waals surface area contributed by atoms with Crippen LogP contribution in [0.2, 0.25) is 0 Å². The van der Waals surface area contributed by atoms with E-state index in [0.717, 1.165) is 37.7 Å². The molecule has 0 aliphatic heterocycles. The summed E-state index contributed by atoms with van der Waals surface area (Å²) in [4.78, 5) is 8.99. The van der Waals surface area contributed by atoms with E-state index in [9.17, 15) is 0 Å². The maximum Gasteiger partial charge on any atom is 0.171 e. The van der Waals surface area contributed by atoms with Crippen LogP contribution < -0.4 is 0 Å². The first-order valence-corrected chi connectivity index (χ1v) is 7.05. The van der Waals surface area contributed by atoms with Crippen molar-refractivity contribution in [2.45, 2.75) is 17.0 Å². The largest absolute Gasteiger partial charge is 0.333 e. The van der Waals surface area contributed by atoms with Crippen molar-refractivity contribution in [3.05, 3.63) is 42.0 Å². The van der Waals surface area contributed by atoms with Crippen LogP contribution in [0.1, 0.15) is 5.56 Å². The number of hydrogen-bond acceptors (Lipinski definition) is 4. The Kier molecular flexibility index (Phi) is 2.50. The Hall–Kier alpha value is -2.34. The van der Waals surface area contributed by atoms with Gasteiger partial charge in [0, 0.05) is 4.90 Å². The van der Waals surface area contributed by atoms with E-state index in [1.54, 1.807) is 11.8 Å². The number of aryl methyl sites for hydroxylation is 1. The summed E-state index contributed by atoms with van der Waals surface area (Å²) in [6.45, 7) is 2.07. The van der Waals surface area contributed by atoms with Gasteiger partial charge in [-0.2, -0.15) is 15.4 Å². The molecule has 0 aliphatic carbocycles. The van der Waals surface area contributed by atoms with Crippen molar-refractivity contribution in [3.8, 4) is 0 Å². The summed E-state index contributed by atoms with van der Waals surface area (Å²) < 4.78 is 0. The molecular formula is C14H11N5S. The topological polar surface area (TPSA) is 70.2 Å². The average Bonchev–Trinajstić information content (AvgIpc) is 3.07. The Morgan fingerprint density at radius 1 is 1.00 bits per heavy atom. The molecule has 0 fully saturated rings. The van der Waals surface area contributed by atoms with E-state index in [1.807, 2.05) is 30.3 Å². The molecule has 2 aromatic heterocycles. The van der Waals surface area contributed by atoms with Gasteiger partial charge in [-0.05, 0) is 42.4 Å². The Labute approximate surface area is 118 Å². The standard InChI is InChI=1S/C14H11N5S/c1-8-6-7-11-12(18-19-17-11)13(8)20-14-15-9-4-2-3-5-10(9)16-14/h2-7H,1H3,(H,15,16)(H,17,18,19). The molecule has 6 heteroatoms. The molecule has 0 spiro atoms. The summed E-state index contributed by atoms with van der Waals surface area (Å²) in [5.74, 6) is 0. The fraction of sp³-hybridized carbons (Fsp3) is 0.0714. The van der Waals surface area contributed by atoms with Crippen molar-refractivity contribution < 1.29 is 0 Å². The third-order valence-corrected chi connectivity index (χ3v) is 4.31. The molecular weight excluding hydrogens is 270 g/mol. The van der Waals surface area contributed by atoms with E-state index in [-0.39, 0.29) is 0 Å². The number of imidazole rings is 1. The number of rotatable bonds is 2. The summed E-state index contributed by atoms with van der Waals surface area (Å²) in [5, 5.41) is 11.9. The van der Waals surface area contributed by atoms with Gasteiger partial charge in [-0.3, -0.25) is 0 Å². The molecule has 0 saturated carbocycles. The second-order valence-corrected chi connectivity index (χ2v) is 5.56. The predicted molar refractivity (Wildman–Crippen MR) is 78.8 cm³/mol. The third-order valence-electron chi connectivity index (χ3n) is 3.21. The first-order chi connectivity index (χ1) is 9.81. The SMILES string of the molecule is Cc1ccc2n[nH]nc2c1Sc1nc2ccccc2[nH]1. The van der Waals surface area contributed by atoms with Gasteiger partial charge in [0.1, 0.15) is 11.0 Å². The zero-order chi connectivity index (χ0) is 13.5. The lowest BCUT2D eigenvalue weighted by Gasteiger charge is -2.02. The summed E-state index contributed by atoms with van der Waals surface area (Å²) in [5.41, 5.74) is 4.93. The first kappa shape index (κ1) is 11.5. The predicted octanol–water partition coefficient (Wildman–Crippen LogP) is 3.29. The van der Waals surface area contributed by atoms with E-state index in [0.29, 0.717) is 0 Å². The Balaban J connectivity index is 1.83. The maximum atomic E-state index is 4.59. The highest BCUT2D eigenvalue weighted by Gasteiger charge is 2.12. The Bertz CT molecular complexity index is 875. The zero-order valence-electron chi connectivity index (χ0n) is 10.7. The van der Waals surface area contributed by atoms with Gasteiger partial charge >= 0.3 is 0 Å². The summed E-state index contributed by atoms with van der Waals surface area (Å²) >= 11 is 1.58. The fourth-order valence-corrected chi connectivity index (χ4v) is 3.17. The van der Waals surface area contributed by atoms with Gasteiger partial charge in [-0.25, -0.2) is 4.98 Å². The number of nitrogens with zero attached hydrogens (tertiary/aromatic N) is 3. The molecule has 2 aromatic carbocycles. The normalized spacial score (nSPS) is 11.4. The monoisotopic (exact) mass is 281 g/mol. The zero-order valence-corrected chi connectivity index (χ0v) is 11.5. The second-order valence-electron chi connectivity index (χ2n) is 4.56. The van der Waals surface area contributed by atoms with Crippen LogP contribution in [-0.4, -0.2) is 25.4 Å². The van der Waals surface area contributed by atoms with Gasteiger partial charge in [0.2, 0.25) is 0 Å². The number of aromatic nitrogens is 5. The van der Waals surface area contributed by atoms with Gasteiger partial charge in [0.25, 0.3) is 0 Å². The highest BCUT2D eigenvalue weighted by Crippen LogP contribution is 2.33. The Morgan fingerprint density at radius 2 is 1.90 bits per heavy atom. The lowest BCUT2D eigenvalue weighted by atomic mass is 10.2. The van der Waals surface area contributed by atoms with Gasteiger partial charge in [0.05, 0.1) is 11.0 Å². The first-order valence-electron chi connectivity index (χ1n) is 6.24. The average molecular weight is 281 g/mol. The highest BCUT2D eigenvalue weighted by molar-refractivity contribution is 7.99. The number of nitrogens with one attached hydrogen (secondary N) is 2. The molecule has 0 unspecified atom stereocenters. The van der Waals surface area contributed by atoms with Crippen LogP contribution in [0.4, 0.5) is 0 Å². The minimum absolute atomic E-state index is 0.866. The van der Waals surface area contributed by atoms with Crippen LogP contribution in [0, 0.1) is 6.92 Å². The molecule has 2 N–H and O–H groups in total. The van der Waals surface area contributed by atoms with E-state index < -0.39 is 0 Å². The number of aromatic amines is 2. The summed E-state index contributed by atoms with van der Waals surface area (Å²) in [7, 11) is 0. The van der Waals surface area contributed by atoms with Crippen molar-refractivity contribution in [2.75, 3.05) is 0 Å². The number of H-pyrrole nitrogens is 2. The fourth-order valence-electron chi connectivity index (χ4n) is 2.19. The molecule has 2 heterocycles. The van der Waals surface area contributed by atoms with Crippen LogP contribution in [0.15, 0.2) is 46.5 Å². The number of para-hydroxylation sites is 2. The molecule has 98 valence electrons. The van der Waals surface area contributed by atoms with E-state index in [4.69, 9.17) is 0 Å². The smallest absolute Gasteiger partial charge is 0.171 e.